The van der Waals surface area contributed by atoms with E-state index in [1.807, 2.05) is 70.2 Å². The standard InChI is InChI=1S/C23H27N5O3/c1-15-6-8-16(9-7-15)14-31-19-12-17(10-11-18(19)30-5)13-24-27-22-25-21(29)20(26-28-22)23(2,3)4/h6-13H,14H2,1-5H3,(H2,25,27,28,29)/b24-13+. The Kier molecular flexibility index (Phi) is 6.69. The van der Waals surface area contributed by atoms with E-state index >= 15 is 0 Å². The highest BCUT2D eigenvalue weighted by atomic mass is 16.5. The molecule has 0 saturated heterocycles. The number of benzene rings is 2. The number of aryl methyl sites for hydroxylation is 1. The molecule has 2 aromatic carbocycles. The van der Waals surface area contributed by atoms with E-state index in [0.717, 1.165) is 11.1 Å². The molecule has 2 N–H and O–H groups in total. The van der Waals surface area contributed by atoms with Crippen molar-refractivity contribution in [2.24, 2.45) is 5.10 Å². The van der Waals surface area contributed by atoms with E-state index in [4.69, 9.17) is 9.47 Å². The Balaban J connectivity index is 1.69. The zero-order valence-electron chi connectivity index (χ0n) is 18.4. The van der Waals surface area contributed by atoms with Crippen molar-refractivity contribution in [3.05, 3.63) is 75.2 Å². The molecular weight excluding hydrogens is 394 g/mol. The van der Waals surface area contributed by atoms with Crippen molar-refractivity contribution in [3.8, 4) is 11.5 Å². The van der Waals surface area contributed by atoms with Gasteiger partial charge in [0, 0.05) is 5.41 Å². The number of methoxy groups -OCH3 is 1. The summed E-state index contributed by atoms with van der Waals surface area (Å²) in [6.45, 7) is 8.18. The third kappa shape index (κ3) is 5.91. The second-order valence-electron chi connectivity index (χ2n) is 8.16. The summed E-state index contributed by atoms with van der Waals surface area (Å²) in [5, 5.41) is 12.1. The molecule has 0 fully saturated rings. The molecule has 0 spiro atoms. The number of hydrogen-bond donors (Lipinski definition) is 2. The predicted molar refractivity (Wildman–Crippen MR) is 121 cm³/mol. The lowest BCUT2D eigenvalue weighted by Crippen LogP contribution is -2.28. The van der Waals surface area contributed by atoms with Crippen molar-refractivity contribution in [1.82, 2.24) is 15.2 Å². The van der Waals surface area contributed by atoms with Crippen LogP contribution in [0.4, 0.5) is 5.95 Å². The maximum atomic E-state index is 12.2. The van der Waals surface area contributed by atoms with Crippen LogP contribution in [0.1, 0.15) is 43.2 Å². The SMILES string of the molecule is COc1ccc(/C=N/Nc2nnc(C(C)(C)C)c(=O)[nH]2)cc1OCc1ccc(C)cc1. The van der Waals surface area contributed by atoms with E-state index in [0.29, 0.717) is 23.8 Å². The lowest BCUT2D eigenvalue weighted by Gasteiger charge is -2.15. The zero-order chi connectivity index (χ0) is 22.4. The molecule has 8 heteroatoms. The first kappa shape index (κ1) is 22.0. The number of ether oxygens (including phenoxy) is 2. The summed E-state index contributed by atoms with van der Waals surface area (Å²) in [5.74, 6) is 1.40. The first-order chi connectivity index (χ1) is 14.8. The maximum absolute atomic E-state index is 12.2. The van der Waals surface area contributed by atoms with Crippen molar-refractivity contribution in [3.63, 3.8) is 0 Å². The fourth-order valence-electron chi connectivity index (χ4n) is 2.78. The first-order valence-electron chi connectivity index (χ1n) is 9.89. The number of aromatic nitrogens is 3. The molecule has 1 aromatic heterocycles. The highest BCUT2D eigenvalue weighted by Crippen LogP contribution is 2.28. The third-order valence-electron chi connectivity index (χ3n) is 4.49. The molecule has 8 nitrogen and oxygen atoms in total. The quantitative estimate of drug-likeness (QED) is 0.444. The van der Waals surface area contributed by atoms with Crippen LogP contribution in [0.5, 0.6) is 11.5 Å². The molecule has 0 saturated carbocycles. The Morgan fingerprint density at radius 3 is 2.48 bits per heavy atom. The van der Waals surface area contributed by atoms with Crippen LogP contribution in [0.2, 0.25) is 0 Å². The highest BCUT2D eigenvalue weighted by Gasteiger charge is 2.20. The normalized spacial score (nSPS) is 11.5. The maximum Gasteiger partial charge on any atom is 0.274 e. The van der Waals surface area contributed by atoms with E-state index in [9.17, 15) is 4.79 Å². The van der Waals surface area contributed by atoms with Crippen LogP contribution in [-0.4, -0.2) is 28.5 Å². The second-order valence-corrected chi connectivity index (χ2v) is 8.16. The van der Waals surface area contributed by atoms with Crippen molar-refractivity contribution < 1.29 is 9.47 Å². The van der Waals surface area contributed by atoms with Gasteiger partial charge in [0.2, 0.25) is 5.95 Å². The van der Waals surface area contributed by atoms with Gasteiger partial charge >= 0.3 is 0 Å². The lowest BCUT2D eigenvalue weighted by molar-refractivity contribution is 0.284. The van der Waals surface area contributed by atoms with Crippen LogP contribution in [0.15, 0.2) is 52.4 Å². The van der Waals surface area contributed by atoms with Gasteiger partial charge in [-0.3, -0.25) is 9.78 Å². The van der Waals surface area contributed by atoms with Gasteiger partial charge in [0.1, 0.15) is 12.3 Å². The van der Waals surface area contributed by atoms with Gasteiger partial charge < -0.3 is 9.47 Å². The first-order valence-corrected chi connectivity index (χ1v) is 9.89. The predicted octanol–water partition coefficient (Wildman–Crippen LogP) is 3.80. The number of nitrogens with one attached hydrogen (secondary N) is 2. The van der Waals surface area contributed by atoms with Crippen LogP contribution in [-0.2, 0) is 12.0 Å². The summed E-state index contributed by atoms with van der Waals surface area (Å²) < 4.78 is 11.3. The molecule has 0 radical (unpaired) electrons. The summed E-state index contributed by atoms with van der Waals surface area (Å²) in [6, 6.07) is 13.6. The summed E-state index contributed by atoms with van der Waals surface area (Å²) in [4.78, 5) is 14.8. The molecule has 0 aliphatic carbocycles. The van der Waals surface area contributed by atoms with Gasteiger partial charge in [0.15, 0.2) is 11.5 Å². The number of aromatic amines is 1. The Morgan fingerprint density at radius 2 is 1.84 bits per heavy atom. The number of H-pyrrole nitrogens is 1. The van der Waals surface area contributed by atoms with E-state index in [1.165, 1.54) is 5.56 Å². The minimum atomic E-state index is -0.388. The average molecular weight is 422 g/mol. The van der Waals surface area contributed by atoms with Gasteiger partial charge in [0.25, 0.3) is 5.56 Å². The molecule has 0 atom stereocenters. The molecule has 3 aromatic rings. The number of rotatable bonds is 7. The summed E-state index contributed by atoms with van der Waals surface area (Å²) in [7, 11) is 1.60. The molecule has 0 aliphatic heterocycles. The van der Waals surface area contributed by atoms with Gasteiger partial charge in [-0.15, -0.1) is 10.2 Å². The summed E-state index contributed by atoms with van der Waals surface area (Å²) in [5.41, 5.74) is 5.43. The Morgan fingerprint density at radius 1 is 1.10 bits per heavy atom. The van der Waals surface area contributed by atoms with Crippen molar-refractivity contribution in [2.75, 3.05) is 12.5 Å². The van der Waals surface area contributed by atoms with Crippen LogP contribution < -0.4 is 20.5 Å². The van der Waals surface area contributed by atoms with Crippen LogP contribution in [0, 0.1) is 6.92 Å². The molecule has 0 bridgehead atoms. The molecule has 3 rings (SSSR count). The van der Waals surface area contributed by atoms with Crippen molar-refractivity contribution in [1.29, 1.82) is 0 Å². The fraction of sp³-hybridized carbons (Fsp3) is 0.304. The zero-order valence-corrected chi connectivity index (χ0v) is 18.4. The highest BCUT2D eigenvalue weighted by molar-refractivity contribution is 5.81. The monoisotopic (exact) mass is 421 g/mol. The van der Waals surface area contributed by atoms with E-state index in [2.05, 4.69) is 25.7 Å². The van der Waals surface area contributed by atoms with E-state index in [1.54, 1.807) is 13.3 Å². The lowest BCUT2D eigenvalue weighted by atomic mass is 9.93. The van der Waals surface area contributed by atoms with E-state index in [-0.39, 0.29) is 16.9 Å². The largest absolute Gasteiger partial charge is 0.493 e. The van der Waals surface area contributed by atoms with Gasteiger partial charge in [-0.25, -0.2) is 5.43 Å². The van der Waals surface area contributed by atoms with Crippen molar-refractivity contribution in [2.45, 2.75) is 39.7 Å². The molecule has 0 aliphatic rings. The topological polar surface area (TPSA) is 101 Å². The third-order valence-corrected chi connectivity index (χ3v) is 4.49. The molecular formula is C23H27N5O3. The summed E-state index contributed by atoms with van der Waals surface area (Å²) >= 11 is 0. The van der Waals surface area contributed by atoms with Crippen LogP contribution in [0.25, 0.3) is 0 Å². The minimum Gasteiger partial charge on any atom is -0.493 e. The van der Waals surface area contributed by atoms with E-state index < -0.39 is 0 Å². The number of nitrogens with zero attached hydrogens (tertiary/aromatic N) is 3. The summed E-state index contributed by atoms with van der Waals surface area (Å²) in [6.07, 6.45) is 1.59. The number of hydrazone groups is 1. The number of hydrogen-bond acceptors (Lipinski definition) is 7. The second kappa shape index (κ2) is 9.42. The van der Waals surface area contributed by atoms with Gasteiger partial charge in [0.05, 0.1) is 13.3 Å². The van der Waals surface area contributed by atoms with Gasteiger partial charge in [-0.1, -0.05) is 50.6 Å². The smallest absolute Gasteiger partial charge is 0.274 e. The molecule has 31 heavy (non-hydrogen) atoms. The molecule has 0 unspecified atom stereocenters. The number of anilines is 1. The molecule has 1 heterocycles. The van der Waals surface area contributed by atoms with Gasteiger partial charge in [-0.2, -0.15) is 5.10 Å². The van der Waals surface area contributed by atoms with Crippen LogP contribution in [0.3, 0.4) is 0 Å². The average Bonchev–Trinajstić information content (AvgIpc) is 2.72. The fourth-order valence-corrected chi connectivity index (χ4v) is 2.78. The van der Waals surface area contributed by atoms with Crippen molar-refractivity contribution >= 4 is 12.2 Å². The Bertz CT molecular complexity index is 1120. The minimum absolute atomic E-state index is 0.165. The molecule has 162 valence electrons. The Labute approximate surface area is 181 Å². The van der Waals surface area contributed by atoms with Gasteiger partial charge in [-0.05, 0) is 36.2 Å². The Hall–Kier alpha value is -3.68. The van der Waals surface area contributed by atoms with Crippen LogP contribution >= 0.6 is 0 Å². The molecule has 0 amide bonds.